The van der Waals surface area contributed by atoms with Gasteiger partial charge in [-0.2, -0.15) is 0 Å². The monoisotopic (exact) mass is 163 g/mol. The number of hydrogen-bond acceptors (Lipinski definition) is 2. The van der Waals surface area contributed by atoms with E-state index in [1.807, 2.05) is 0 Å². The van der Waals surface area contributed by atoms with Crippen LogP contribution in [0.4, 0.5) is 4.70 Å². The average molecular weight is 163 g/mol. The molecule has 5 heteroatoms. The summed E-state index contributed by atoms with van der Waals surface area (Å²) < 4.78 is 18.7. The number of halogens is 1. The Bertz CT molecular complexity index is 216. The van der Waals surface area contributed by atoms with E-state index in [1.54, 1.807) is 12.1 Å². The van der Waals surface area contributed by atoms with E-state index in [-0.39, 0.29) is 9.73 Å². The molecular weight excluding hydrogens is 157 g/mol. The van der Waals surface area contributed by atoms with E-state index < -0.39 is 11.1 Å². The first-order chi connectivity index (χ1) is 4.30. The summed E-state index contributed by atoms with van der Waals surface area (Å²) in [5.41, 5.74) is 0. The van der Waals surface area contributed by atoms with Gasteiger partial charge in [0.25, 0.3) is 0 Å². The Morgan fingerprint density at radius 2 is 2.20 bits per heavy atom. The molecule has 1 aromatic rings. The quantitative estimate of drug-likeness (QED) is 0.623. The third-order valence-electron chi connectivity index (χ3n) is 0.817. The molecule has 1 aromatic heterocycles. The third-order valence-corrected chi connectivity index (χ3v) is 1.42. The molecular formula is C5H6FNO2S. The molecule has 1 heterocycles. The lowest BCUT2D eigenvalue weighted by atomic mass is 10.5. The van der Waals surface area contributed by atoms with Crippen molar-refractivity contribution in [3.63, 3.8) is 0 Å². The Balaban J connectivity index is 0.000000810. The highest BCUT2D eigenvalue weighted by Gasteiger charge is 1.95. The van der Waals surface area contributed by atoms with Crippen molar-refractivity contribution in [2.24, 2.45) is 0 Å². The minimum atomic E-state index is -1.94. The molecule has 0 fully saturated rings. The fraction of sp³-hybridized carbons (Fsp3) is 0. The fourth-order valence-corrected chi connectivity index (χ4v) is 0.796. The molecule has 0 aliphatic carbocycles. The molecule has 0 amide bonds. The Labute approximate surface area is 59.8 Å². The van der Waals surface area contributed by atoms with E-state index >= 15 is 0 Å². The van der Waals surface area contributed by atoms with Crippen LogP contribution < -0.4 is 0 Å². The molecule has 0 bridgehead atoms. The SMILES string of the molecule is F.O=S(O)c1ccccn1. The van der Waals surface area contributed by atoms with E-state index in [4.69, 9.17) is 4.55 Å². The molecule has 10 heavy (non-hydrogen) atoms. The fourth-order valence-electron chi connectivity index (χ4n) is 0.450. The zero-order chi connectivity index (χ0) is 6.69. The Hall–Kier alpha value is -0.810. The van der Waals surface area contributed by atoms with E-state index in [0.29, 0.717) is 0 Å². The van der Waals surface area contributed by atoms with E-state index in [2.05, 4.69) is 4.98 Å². The molecule has 0 saturated heterocycles. The highest BCUT2D eigenvalue weighted by atomic mass is 32.2. The predicted molar refractivity (Wildman–Crippen MR) is 35.8 cm³/mol. The number of aromatic nitrogens is 1. The first kappa shape index (κ1) is 9.19. The Morgan fingerprint density at radius 1 is 1.50 bits per heavy atom. The molecule has 1 rings (SSSR count). The predicted octanol–water partition coefficient (Wildman–Crippen LogP) is 0.815. The normalized spacial score (nSPS) is 11.7. The van der Waals surface area contributed by atoms with Gasteiger partial charge in [0.05, 0.1) is 0 Å². The van der Waals surface area contributed by atoms with E-state index in [1.165, 1.54) is 12.3 Å². The van der Waals surface area contributed by atoms with Gasteiger partial charge in [-0.1, -0.05) is 6.07 Å². The highest BCUT2D eigenvalue weighted by molar-refractivity contribution is 7.79. The lowest BCUT2D eigenvalue weighted by Gasteiger charge is -1.88. The molecule has 0 aliphatic heterocycles. The average Bonchev–Trinajstić information content (AvgIpc) is 1.90. The Morgan fingerprint density at radius 3 is 2.50 bits per heavy atom. The van der Waals surface area contributed by atoms with Crippen LogP contribution in [-0.2, 0) is 11.1 Å². The van der Waals surface area contributed by atoms with Crippen molar-refractivity contribution in [1.29, 1.82) is 0 Å². The van der Waals surface area contributed by atoms with Crippen LogP contribution in [-0.4, -0.2) is 13.7 Å². The molecule has 56 valence electrons. The van der Waals surface area contributed by atoms with Gasteiger partial charge >= 0.3 is 0 Å². The summed E-state index contributed by atoms with van der Waals surface area (Å²) in [6.07, 6.45) is 1.48. The van der Waals surface area contributed by atoms with Crippen molar-refractivity contribution in [2.45, 2.75) is 5.03 Å². The second-order valence-corrected chi connectivity index (χ2v) is 2.33. The Kier molecular flexibility index (Phi) is 3.75. The first-order valence-electron chi connectivity index (χ1n) is 2.32. The summed E-state index contributed by atoms with van der Waals surface area (Å²) in [7, 11) is 0. The highest BCUT2D eigenvalue weighted by Crippen LogP contribution is 1.95. The van der Waals surface area contributed by atoms with Crippen LogP contribution in [0.2, 0.25) is 0 Å². The lowest BCUT2D eigenvalue weighted by molar-refractivity contribution is 0.560. The molecule has 1 N–H and O–H groups in total. The number of pyridine rings is 1. The molecule has 1 unspecified atom stereocenters. The van der Waals surface area contributed by atoms with Crippen LogP contribution in [0, 0.1) is 0 Å². The zero-order valence-electron chi connectivity index (χ0n) is 4.93. The summed E-state index contributed by atoms with van der Waals surface area (Å²) in [6, 6.07) is 4.85. The van der Waals surface area contributed by atoms with Gasteiger partial charge in [0, 0.05) is 6.20 Å². The van der Waals surface area contributed by atoms with Crippen LogP contribution in [0.1, 0.15) is 0 Å². The zero-order valence-corrected chi connectivity index (χ0v) is 5.75. The maximum absolute atomic E-state index is 10.2. The molecule has 0 aromatic carbocycles. The second kappa shape index (κ2) is 4.08. The van der Waals surface area contributed by atoms with Crippen LogP contribution >= 0.6 is 0 Å². The van der Waals surface area contributed by atoms with Crippen molar-refractivity contribution < 1.29 is 13.5 Å². The van der Waals surface area contributed by atoms with Gasteiger partial charge in [-0.05, 0) is 12.1 Å². The topological polar surface area (TPSA) is 50.2 Å². The van der Waals surface area contributed by atoms with Crippen LogP contribution in [0.25, 0.3) is 0 Å². The minimum Gasteiger partial charge on any atom is -0.301 e. The molecule has 3 nitrogen and oxygen atoms in total. The van der Waals surface area contributed by atoms with Gasteiger partial charge < -0.3 is 4.55 Å². The van der Waals surface area contributed by atoms with Crippen molar-refractivity contribution >= 4 is 11.1 Å². The third kappa shape index (κ3) is 2.20. The van der Waals surface area contributed by atoms with Crippen molar-refractivity contribution in [1.82, 2.24) is 4.98 Å². The molecule has 0 aliphatic rings. The van der Waals surface area contributed by atoms with Gasteiger partial charge in [-0.25, -0.2) is 9.19 Å². The van der Waals surface area contributed by atoms with Crippen molar-refractivity contribution in [3.05, 3.63) is 24.4 Å². The van der Waals surface area contributed by atoms with Gasteiger partial charge in [-0.15, -0.1) is 0 Å². The summed E-state index contributed by atoms with van der Waals surface area (Å²) in [5.74, 6) is 0. The number of nitrogens with zero attached hydrogens (tertiary/aromatic N) is 1. The minimum absolute atomic E-state index is 0. The van der Waals surface area contributed by atoms with E-state index in [9.17, 15) is 4.21 Å². The molecule has 0 spiro atoms. The number of hydrogen-bond donors (Lipinski definition) is 1. The summed E-state index contributed by atoms with van der Waals surface area (Å²) in [4.78, 5) is 3.63. The lowest BCUT2D eigenvalue weighted by Crippen LogP contribution is -1.89. The largest absolute Gasteiger partial charge is 0.301 e. The maximum atomic E-state index is 10.2. The standard InChI is InChI=1S/C5H5NO2S.FH/c7-9(8)5-3-1-2-4-6-5;/h1-4H,(H,7,8);1H. The summed E-state index contributed by atoms with van der Waals surface area (Å²) in [6.45, 7) is 0. The number of rotatable bonds is 1. The maximum Gasteiger partial charge on any atom is 0.205 e. The van der Waals surface area contributed by atoms with Crippen LogP contribution in [0.3, 0.4) is 0 Å². The summed E-state index contributed by atoms with van der Waals surface area (Å²) in [5, 5.41) is 0.192. The van der Waals surface area contributed by atoms with Crippen molar-refractivity contribution in [2.75, 3.05) is 0 Å². The molecule has 0 radical (unpaired) electrons. The van der Waals surface area contributed by atoms with Crippen LogP contribution in [0.15, 0.2) is 29.4 Å². The molecule has 0 saturated carbocycles. The molecule has 1 atom stereocenters. The second-order valence-electron chi connectivity index (χ2n) is 1.42. The van der Waals surface area contributed by atoms with Crippen LogP contribution in [0.5, 0.6) is 0 Å². The van der Waals surface area contributed by atoms with Gasteiger partial charge in [-0.3, -0.25) is 4.70 Å². The first-order valence-corrected chi connectivity index (χ1v) is 3.43. The van der Waals surface area contributed by atoms with Gasteiger partial charge in [0.15, 0.2) is 5.03 Å². The van der Waals surface area contributed by atoms with Crippen molar-refractivity contribution in [3.8, 4) is 0 Å². The summed E-state index contributed by atoms with van der Waals surface area (Å²) >= 11 is -1.94. The van der Waals surface area contributed by atoms with Gasteiger partial charge in [0.2, 0.25) is 11.1 Å². The van der Waals surface area contributed by atoms with E-state index in [0.717, 1.165) is 0 Å². The van der Waals surface area contributed by atoms with Gasteiger partial charge in [0.1, 0.15) is 0 Å². The smallest absolute Gasteiger partial charge is 0.205 e.